The number of alkyl halides is 2. The highest BCUT2D eigenvalue weighted by molar-refractivity contribution is 7.91. The number of hydrogen-bond donors (Lipinski definition) is 1. The summed E-state index contributed by atoms with van der Waals surface area (Å²) in [6.45, 7) is -2.94. The summed E-state index contributed by atoms with van der Waals surface area (Å²) in [6, 6.07) is 16.5. The Labute approximate surface area is 180 Å². The van der Waals surface area contributed by atoms with Crippen molar-refractivity contribution in [1.82, 2.24) is 4.98 Å². The number of hydrogen-bond acceptors (Lipinski definition) is 6. The van der Waals surface area contributed by atoms with Gasteiger partial charge >= 0.3 is 6.61 Å². The molecule has 160 valence electrons. The summed E-state index contributed by atoms with van der Waals surface area (Å²) in [5, 5.41) is 4.54. The Kier molecular flexibility index (Phi) is 5.84. The van der Waals surface area contributed by atoms with Gasteiger partial charge in [-0.1, -0.05) is 41.7 Å². The van der Waals surface area contributed by atoms with Crippen molar-refractivity contribution >= 4 is 53.2 Å². The van der Waals surface area contributed by atoms with Crippen molar-refractivity contribution in [3.8, 4) is 5.75 Å². The molecule has 0 aliphatic rings. The van der Waals surface area contributed by atoms with Crippen LogP contribution in [-0.4, -0.2) is 31.7 Å². The number of ether oxygens (including phenoxy) is 1. The molecule has 0 atom stereocenters. The van der Waals surface area contributed by atoms with Crippen molar-refractivity contribution in [3.05, 3.63) is 60.7 Å². The molecular formula is C21H16F2N2O4S2. The number of fused-ring (bicyclic) bond motifs is 2. The fourth-order valence-corrected chi connectivity index (χ4v) is 5.20. The topological polar surface area (TPSA) is 85.4 Å². The summed E-state index contributed by atoms with van der Waals surface area (Å²) < 4.78 is 54.8. The molecule has 0 aliphatic heterocycles. The second kappa shape index (κ2) is 8.56. The summed E-state index contributed by atoms with van der Waals surface area (Å²) in [4.78, 5) is 16.6. The van der Waals surface area contributed by atoms with Gasteiger partial charge in [0.1, 0.15) is 5.75 Å². The van der Waals surface area contributed by atoms with Crippen molar-refractivity contribution in [3.63, 3.8) is 0 Å². The Hall–Kier alpha value is -3.11. The third-order valence-electron chi connectivity index (χ3n) is 4.51. The highest BCUT2D eigenvalue weighted by Gasteiger charge is 2.18. The number of nitrogens with zero attached hydrogens (tertiary/aromatic N) is 1. The Morgan fingerprint density at radius 3 is 2.61 bits per heavy atom. The first-order chi connectivity index (χ1) is 14.8. The second-order valence-corrected chi connectivity index (χ2v) is 9.79. The average Bonchev–Trinajstić information content (AvgIpc) is 3.13. The number of aromatic nitrogens is 1. The highest BCUT2D eigenvalue weighted by atomic mass is 32.2. The lowest BCUT2D eigenvalue weighted by Gasteiger charge is -2.06. The van der Waals surface area contributed by atoms with Crippen LogP contribution in [-0.2, 0) is 14.6 Å². The Balaban J connectivity index is 1.42. The molecule has 4 aromatic rings. The molecule has 10 heteroatoms. The van der Waals surface area contributed by atoms with Crippen molar-refractivity contribution in [2.75, 3.05) is 11.1 Å². The van der Waals surface area contributed by atoms with Gasteiger partial charge in [-0.25, -0.2) is 13.4 Å². The smallest absolute Gasteiger partial charge is 0.387 e. The molecule has 6 nitrogen and oxygen atoms in total. The van der Waals surface area contributed by atoms with E-state index >= 15 is 0 Å². The van der Waals surface area contributed by atoms with Crippen LogP contribution in [0.3, 0.4) is 0 Å². The van der Waals surface area contributed by atoms with Crippen LogP contribution < -0.4 is 10.1 Å². The molecule has 1 aromatic heterocycles. The number of rotatable bonds is 7. The fraction of sp³-hybridized carbons (Fsp3) is 0.143. The first-order valence-corrected chi connectivity index (χ1v) is 11.6. The summed E-state index contributed by atoms with van der Waals surface area (Å²) in [5.41, 5.74) is 0.505. The van der Waals surface area contributed by atoms with Gasteiger partial charge in [-0.3, -0.25) is 4.79 Å². The quantitative estimate of drug-likeness (QED) is 0.424. The van der Waals surface area contributed by atoms with Gasteiger partial charge in [0, 0.05) is 6.42 Å². The zero-order valence-corrected chi connectivity index (χ0v) is 17.6. The number of carbonyl (C=O) groups is 1. The van der Waals surface area contributed by atoms with Crippen LogP contribution in [0.1, 0.15) is 6.42 Å². The van der Waals surface area contributed by atoms with Gasteiger partial charge in [-0.15, -0.1) is 0 Å². The van der Waals surface area contributed by atoms with Crippen molar-refractivity contribution in [2.45, 2.75) is 17.9 Å². The summed E-state index contributed by atoms with van der Waals surface area (Å²) in [6.07, 6.45) is -0.245. The summed E-state index contributed by atoms with van der Waals surface area (Å²) in [5.74, 6) is -0.868. The summed E-state index contributed by atoms with van der Waals surface area (Å²) in [7, 11) is -3.65. The lowest BCUT2D eigenvalue weighted by molar-refractivity contribution is -0.115. The standard InChI is InChI=1S/C21H16F2N2O4S2/c22-20(23)29-15-6-8-17-18(12-15)30-21(24-17)25-19(26)9-10-31(27,28)16-7-5-13-3-1-2-4-14(13)11-16/h1-8,11-12,20H,9-10H2,(H,24,25,26). The molecule has 31 heavy (non-hydrogen) atoms. The van der Waals surface area contributed by atoms with E-state index in [4.69, 9.17) is 0 Å². The van der Waals surface area contributed by atoms with E-state index in [1.54, 1.807) is 12.1 Å². The Bertz CT molecular complexity index is 1370. The number of benzene rings is 3. The number of halogens is 2. The van der Waals surface area contributed by atoms with Crippen LogP contribution in [0, 0.1) is 0 Å². The van der Waals surface area contributed by atoms with Gasteiger partial charge in [0.2, 0.25) is 5.91 Å². The van der Waals surface area contributed by atoms with Gasteiger partial charge in [-0.05, 0) is 41.1 Å². The zero-order chi connectivity index (χ0) is 22.0. The van der Waals surface area contributed by atoms with E-state index in [9.17, 15) is 22.0 Å². The first-order valence-electron chi connectivity index (χ1n) is 9.17. The number of carbonyl (C=O) groups excluding carboxylic acids is 1. The van der Waals surface area contributed by atoms with Gasteiger partial charge in [0.25, 0.3) is 0 Å². The normalized spacial score (nSPS) is 11.8. The molecule has 0 spiro atoms. The number of amides is 1. The minimum atomic E-state index is -3.65. The first kappa shape index (κ1) is 21.1. The summed E-state index contributed by atoms with van der Waals surface area (Å²) >= 11 is 1.08. The van der Waals surface area contributed by atoms with Gasteiger partial charge in [0.15, 0.2) is 15.0 Å². The predicted molar refractivity (Wildman–Crippen MR) is 115 cm³/mol. The van der Waals surface area contributed by atoms with E-state index in [1.807, 2.05) is 24.3 Å². The maximum Gasteiger partial charge on any atom is 0.387 e. The third-order valence-corrected chi connectivity index (χ3v) is 7.16. The number of nitrogens with one attached hydrogen (secondary N) is 1. The third kappa shape index (κ3) is 4.97. The van der Waals surface area contributed by atoms with E-state index in [-0.39, 0.29) is 28.0 Å². The lowest BCUT2D eigenvalue weighted by atomic mass is 10.1. The van der Waals surface area contributed by atoms with Crippen LogP contribution in [0.5, 0.6) is 5.75 Å². The van der Waals surface area contributed by atoms with Crippen molar-refractivity contribution in [1.29, 1.82) is 0 Å². The van der Waals surface area contributed by atoms with Crippen LogP contribution in [0.4, 0.5) is 13.9 Å². The molecule has 0 aliphatic carbocycles. The molecule has 1 heterocycles. The van der Waals surface area contributed by atoms with Crippen LogP contribution in [0.2, 0.25) is 0 Å². The molecule has 4 rings (SSSR count). The molecule has 3 aromatic carbocycles. The average molecular weight is 462 g/mol. The molecule has 0 fully saturated rings. The molecule has 0 bridgehead atoms. The largest absolute Gasteiger partial charge is 0.435 e. The molecule has 1 amide bonds. The van der Waals surface area contributed by atoms with Gasteiger partial charge in [-0.2, -0.15) is 8.78 Å². The van der Waals surface area contributed by atoms with Crippen LogP contribution >= 0.6 is 11.3 Å². The Morgan fingerprint density at radius 2 is 1.84 bits per heavy atom. The number of sulfone groups is 1. The predicted octanol–water partition coefficient (Wildman–Crippen LogP) is 4.85. The number of thiazole rings is 1. The Morgan fingerprint density at radius 1 is 1.06 bits per heavy atom. The zero-order valence-electron chi connectivity index (χ0n) is 15.9. The van der Waals surface area contributed by atoms with E-state index < -0.39 is 22.4 Å². The second-order valence-electron chi connectivity index (χ2n) is 6.65. The molecule has 0 radical (unpaired) electrons. The van der Waals surface area contributed by atoms with Crippen molar-refractivity contribution < 1.29 is 26.7 Å². The molecular weight excluding hydrogens is 446 g/mol. The van der Waals surface area contributed by atoms with E-state index in [1.165, 1.54) is 24.3 Å². The van der Waals surface area contributed by atoms with Gasteiger partial charge in [0.05, 0.1) is 20.9 Å². The van der Waals surface area contributed by atoms with E-state index in [2.05, 4.69) is 15.0 Å². The molecule has 0 saturated carbocycles. The van der Waals surface area contributed by atoms with Gasteiger partial charge < -0.3 is 10.1 Å². The van der Waals surface area contributed by atoms with E-state index in [0.717, 1.165) is 22.1 Å². The maximum absolute atomic E-state index is 12.6. The molecule has 1 N–H and O–H groups in total. The van der Waals surface area contributed by atoms with Crippen LogP contribution in [0.15, 0.2) is 65.6 Å². The minimum Gasteiger partial charge on any atom is -0.435 e. The minimum absolute atomic E-state index is 0.00879. The maximum atomic E-state index is 12.6. The molecule has 0 unspecified atom stereocenters. The van der Waals surface area contributed by atoms with E-state index in [0.29, 0.717) is 10.2 Å². The monoisotopic (exact) mass is 462 g/mol. The SMILES string of the molecule is O=C(CCS(=O)(=O)c1ccc2ccccc2c1)Nc1nc2ccc(OC(F)F)cc2s1. The lowest BCUT2D eigenvalue weighted by Crippen LogP contribution is -2.17. The fourth-order valence-electron chi connectivity index (χ4n) is 3.02. The van der Waals surface area contributed by atoms with Crippen LogP contribution in [0.25, 0.3) is 21.0 Å². The number of anilines is 1. The molecule has 0 saturated heterocycles. The highest BCUT2D eigenvalue weighted by Crippen LogP contribution is 2.30. The van der Waals surface area contributed by atoms with Crippen molar-refractivity contribution in [2.24, 2.45) is 0 Å².